The van der Waals surface area contributed by atoms with E-state index in [0.29, 0.717) is 23.2 Å². The van der Waals surface area contributed by atoms with Gasteiger partial charge in [-0.25, -0.2) is 4.98 Å². The molecule has 0 spiro atoms. The van der Waals surface area contributed by atoms with E-state index in [1.807, 2.05) is 6.07 Å². The number of aryl methyl sites for hydroxylation is 1. The van der Waals surface area contributed by atoms with Gasteiger partial charge in [-0.2, -0.15) is 5.26 Å². The summed E-state index contributed by atoms with van der Waals surface area (Å²) in [6.45, 7) is 5.10. The minimum absolute atomic E-state index is 0.0292. The van der Waals surface area contributed by atoms with E-state index in [9.17, 15) is 10.1 Å². The van der Waals surface area contributed by atoms with Crippen molar-refractivity contribution in [3.8, 4) is 6.07 Å². The van der Waals surface area contributed by atoms with Gasteiger partial charge >= 0.3 is 0 Å². The maximum absolute atomic E-state index is 10.9. The van der Waals surface area contributed by atoms with Crippen molar-refractivity contribution in [2.75, 3.05) is 0 Å². The molecular weight excluding hydrogens is 194 g/mol. The molecule has 78 valence electrons. The number of pyridine rings is 1. The van der Waals surface area contributed by atoms with Crippen molar-refractivity contribution >= 4 is 5.69 Å². The van der Waals surface area contributed by atoms with Crippen LogP contribution in [0.2, 0.25) is 0 Å². The minimum Gasteiger partial charge on any atom is -0.258 e. The Balaban J connectivity index is 3.66. The van der Waals surface area contributed by atoms with Gasteiger partial charge in [0.15, 0.2) is 5.69 Å². The molecule has 0 fully saturated rings. The van der Waals surface area contributed by atoms with Crippen LogP contribution >= 0.6 is 0 Å². The van der Waals surface area contributed by atoms with Gasteiger partial charge in [-0.3, -0.25) is 10.1 Å². The van der Waals surface area contributed by atoms with Gasteiger partial charge in [-0.1, -0.05) is 6.92 Å². The van der Waals surface area contributed by atoms with Gasteiger partial charge in [0, 0.05) is 11.3 Å². The van der Waals surface area contributed by atoms with Crippen LogP contribution in [-0.2, 0) is 6.42 Å². The summed E-state index contributed by atoms with van der Waals surface area (Å²) in [5.74, 6) is 0. The molecule has 0 aromatic carbocycles. The summed E-state index contributed by atoms with van der Waals surface area (Å²) in [5, 5.41) is 19.7. The molecule has 5 nitrogen and oxygen atoms in total. The van der Waals surface area contributed by atoms with Gasteiger partial charge in [-0.05, 0) is 20.3 Å². The zero-order valence-corrected chi connectivity index (χ0v) is 8.87. The maximum atomic E-state index is 10.9. The molecule has 0 bridgehead atoms. The highest BCUT2D eigenvalue weighted by Crippen LogP contribution is 2.27. The lowest BCUT2D eigenvalue weighted by atomic mass is 10.0. The van der Waals surface area contributed by atoms with Crippen molar-refractivity contribution in [3.05, 3.63) is 32.6 Å². The van der Waals surface area contributed by atoms with Crippen LogP contribution in [0.5, 0.6) is 0 Å². The Kier molecular flexibility index (Phi) is 3.00. The summed E-state index contributed by atoms with van der Waals surface area (Å²) < 4.78 is 0. The molecule has 0 saturated heterocycles. The van der Waals surface area contributed by atoms with Crippen molar-refractivity contribution in [2.24, 2.45) is 0 Å². The zero-order valence-electron chi connectivity index (χ0n) is 8.87. The molecule has 0 aliphatic carbocycles. The maximum Gasteiger partial charge on any atom is 0.280 e. The Bertz CT molecular complexity index is 461. The van der Waals surface area contributed by atoms with Gasteiger partial charge in [-0.15, -0.1) is 0 Å². The largest absolute Gasteiger partial charge is 0.280 e. The Labute approximate surface area is 87.5 Å². The van der Waals surface area contributed by atoms with Crippen LogP contribution < -0.4 is 0 Å². The average molecular weight is 205 g/mol. The molecule has 0 radical (unpaired) electrons. The molecule has 1 aromatic heterocycles. The molecule has 5 heteroatoms. The highest BCUT2D eigenvalue weighted by Gasteiger charge is 2.22. The molecular formula is C10H11N3O2. The summed E-state index contributed by atoms with van der Waals surface area (Å²) >= 11 is 0. The summed E-state index contributed by atoms with van der Waals surface area (Å²) in [5.41, 5.74) is 1.69. The summed E-state index contributed by atoms with van der Waals surface area (Å²) in [6.07, 6.45) is 0.438. The standard InChI is InChI=1S/C10H11N3O2/c1-4-8-9(5-11)12-7(3)6(2)10(8)13(14)15/h4H2,1-3H3. The molecule has 0 aliphatic heterocycles. The second kappa shape index (κ2) is 4.05. The Morgan fingerprint density at radius 1 is 1.53 bits per heavy atom. The predicted octanol–water partition coefficient (Wildman–Crippen LogP) is 2.04. The van der Waals surface area contributed by atoms with Crippen molar-refractivity contribution in [3.63, 3.8) is 0 Å². The Morgan fingerprint density at radius 2 is 2.13 bits per heavy atom. The molecule has 1 heterocycles. The lowest BCUT2D eigenvalue weighted by Crippen LogP contribution is -2.05. The smallest absolute Gasteiger partial charge is 0.258 e. The third-order valence-electron chi connectivity index (χ3n) is 2.39. The van der Waals surface area contributed by atoms with Crippen LogP contribution in [0, 0.1) is 35.3 Å². The summed E-state index contributed by atoms with van der Waals surface area (Å²) in [4.78, 5) is 14.5. The fourth-order valence-corrected chi connectivity index (χ4v) is 1.50. The first-order chi connectivity index (χ1) is 7.02. The first kappa shape index (κ1) is 11.1. The third kappa shape index (κ3) is 1.79. The highest BCUT2D eigenvalue weighted by molar-refractivity contribution is 5.54. The molecule has 0 unspecified atom stereocenters. The zero-order chi connectivity index (χ0) is 11.6. The van der Waals surface area contributed by atoms with E-state index in [1.54, 1.807) is 20.8 Å². The molecule has 0 saturated carbocycles. The van der Waals surface area contributed by atoms with E-state index in [1.165, 1.54) is 0 Å². The van der Waals surface area contributed by atoms with E-state index in [4.69, 9.17) is 5.26 Å². The number of rotatable bonds is 2. The van der Waals surface area contributed by atoms with Crippen LogP contribution in [0.3, 0.4) is 0 Å². The predicted molar refractivity (Wildman–Crippen MR) is 54.5 cm³/mol. The molecule has 15 heavy (non-hydrogen) atoms. The topological polar surface area (TPSA) is 79.8 Å². The Morgan fingerprint density at radius 3 is 2.53 bits per heavy atom. The van der Waals surface area contributed by atoms with Crippen LogP contribution in [0.4, 0.5) is 5.69 Å². The van der Waals surface area contributed by atoms with Gasteiger partial charge in [0.2, 0.25) is 0 Å². The minimum atomic E-state index is -0.441. The second-order valence-electron chi connectivity index (χ2n) is 3.22. The second-order valence-corrected chi connectivity index (χ2v) is 3.22. The number of nitro groups is 1. The van der Waals surface area contributed by atoms with Crippen molar-refractivity contribution in [2.45, 2.75) is 27.2 Å². The molecule has 0 atom stereocenters. The molecule has 0 N–H and O–H groups in total. The van der Waals surface area contributed by atoms with Gasteiger partial charge in [0.1, 0.15) is 6.07 Å². The fourth-order valence-electron chi connectivity index (χ4n) is 1.50. The van der Waals surface area contributed by atoms with Crippen molar-refractivity contribution < 1.29 is 4.92 Å². The number of nitrogens with zero attached hydrogens (tertiary/aromatic N) is 3. The fraction of sp³-hybridized carbons (Fsp3) is 0.400. The van der Waals surface area contributed by atoms with Gasteiger partial charge in [0.05, 0.1) is 10.5 Å². The monoisotopic (exact) mass is 205 g/mol. The van der Waals surface area contributed by atoms with Crippen LogP contribution in [-0.4, -0.2) is 9.91 Å². The van der Waals surface area contributed by atoms with Crippen LogP contribution in [0.15, 0.2) is 0 Å². The summed E-state index contributed by atoms with van der Waals surface area (Å²) in [6, 6.07) is 1.89. The quantitative estimate of drug-likeness (QED) is 0.546. The van der Waals surface area contributed by atoms with Crippen molar-refractivity contribution in [1.29, 1.82) is 5.26 Å². The molecule has 1 aromatic rings. The molecule has 0 amide bonds. The van der Waals surface area contributed by atoms with E-state index in [-0.39, 0.29) is 11.4 Å². The van der Waals surface area contributed by atoms with Crippen LogP contribution in [0.1, 0.15) is 29.4 Å². The number of aromatic nitrogens is 1. The first-order valence-electron chi connectivity index (χ1n) is 4.57. The lowest BCUT2D eigenvalue weighted by molar-refractivity contribution is -0.386. The first-order valence-corrected chi connectivity index (χ1v) is 4.57. The van der Waals surface area contributed by atoms with Gasteiger partial charge < -0.3 is 0 Å². The number of hydrogen-bond acceptors (Lipinski definition) is 4. The van der Waals surface area contributed by atoms with Crippen molar-refractivity contribution in [1.82, 2.24) is 4.98 Å². The highest BCUT2D eigenvalue weighted by atomic mass is 16.6. The number of hydrogen-bond donors (Lipinski definition) is 0. The van der Waals surface area contributed by atoms with Gasteiger partial charge in [0.25, 0.3) is 5.69 Å². The van der Waals surface area contributed by atoms with E-state index >= 15 is 0 Å². The lowest BCUT2D eigenvalue weighted by Gasteiger charge is -2.07. The Hall–Kier alpha value is -1.96. The van der Waals surface area contributed by atoms with E-state index in [2.05, 4.69) is 4.98 Å². The SMILES string of the molecule is CCc1c(C#N)nc(C)c(C)c1[N+](=O)[O-]. The molecule has 0 aliphatic rings. The average Bonchev–Trinajstić information content (AvgIpc) is 2.20. The third-order valence-corrected chi connectivity index (χ3v) is 2.39. The normalized spacial score (nSPS) is 9.73. The summed E-state index contributed by atoms with van der Waals surface area (Å²) in [7, 11) is 0. The molecule has 1 rings (SSSR count). The van der Waals surface area contributed by atoms with Crippen LogP contribution in [0.25, 0.3) is 0 Å². The van der Waals surface area contributed by atoms with E-state index < -0.39 is 4.92 Å². The van der Waals surface area contributed by atoms with E-state index in [0.717, 1.165) is 0 Å². The number of nitriles is 1.